The van der Waals surface area contributed by atoms with E-state index in [1.165, 1.54) is 10.3 Å². The summed E-state index contributed by atoms with van der Waals surface area (Å²) in [5.74, 6) is 0.662. The van der Waals surface area contributed by atoms with Crippen LogP contribution in [-0.4, -0.2) is 59.0 Å². The summed E-state index contributed by atoms with van der Waals surface area (Å²) < 4.78 is 32.6. The third kappa shape index (κ3) is 7.21. The maximum Gasteiger partial charge on any atom is 0.269 e. The number of methoxy groups -OCH3 is 1. The SMILES string of the molecule is COCCc1cn(S(=O)(=O)c2ccc(C)cc2)c2ncnc(N[C@@H]3CC[C@H](C)NC3)c12.ClC(Cl)Cl. The molecule has 0 saturated carbocycles. The van der Waals surface area contributed by atoms with E-state index in [-0.39, 0.29) is 10.9 Å². The van der Waals surface area contributed by atoms with Crippen LogP contribution in [0.15, 0.2) is 41.7 Å². The van der Waals surface area contributed by atoms with Gasteiger partial charge < -0.3 is 15.4 Å². The Morgan fingerprint density at radius 2 is 1.89 bits per heavy atom. The van der Waals surface area contributed by atoms with Gasteiger partial charge in [-0.25, -0.2) is 22.4 Å². The molecule has 1 saturated heterocycles. The minimum absolute atomic E-state index is 0.224. The highest BCUT2D eigenvalue weighted by atomic mass is 35.6. The monoisotopic (exact) mass is 561 g/mol. The Bertz CT molecular complexity index is 1210. The zero-order valence-electron chi connectivity index (χ0n) is 19.8. The van der Waals surface area contributed by atoms with Gasteiger partial charge in [0.05, 0.1) is 16.9 Å². The summed E-state index contributed by atoms with van der Waals surface area (Å²) in [7, 11) is -2.17. The number of nitrogens with one attached hydrogen (secondary N) is 2. The molecule has 192 valence electrons. The fourth-order valence-electron chi connectivity index (χ4n) is 3.94. The van der Waals surface area contributed by atoms with Gasteiger partial charge >= 0.3 is 0 Å². The molecule has 0 unspecified atom stereocenters. The number of anilines is 1. The molecule has 0 radical (unpaired) electrons. The summed E-state index contributed by atoms with van der Waals surface area (Å²) in [5, 5.41) is 7.72. The van der Waals surface area contributed by atoms with E-state index in [9.17, 15) is 8.42 Å². The lowest BCUT2D eigenvalue weighted by Gasteiger charge is -2.28. The Morgan fingerprint density at radius 3 is 2.49 bits per heavy atom. The molecule has 12 heteroatoms. The van der Waals surface area contributed by atoms with Crippen molar-refractivity contribution in [1.29, 1.82) is 0 Å². The number of nitrogens with zero attached hydrogens (tertiary/aromatic N) is 3. The third-order valence-corrected chi connectivity index (χ3v) is 7.45. The Hall–Kier alpha value is -1.62. The van der Waals surface area contributed by atoms with Crippen molar-refractivity contribution in [1.82, 2.24) is 19.3 Å². The number of fused-ring (bicyclic) bond motifs is 1. The molecular weight excluding hydrogens is 533 g/mol. The molecule has 0 aliphatic carbocycles. The second-order valence-electron chi connectivity index (χ2n) is 8.41. The van der Waals surface area contributed by atoms with Crippen molar-refractivity contribution in [3.8, 4) is 0 Å². The number of hydrogen-bond donors (Lipinski definition) is 2. The number of hydrogen-bond acceptors (Lipinski definition) is 7. The highest BCUT2D eigenvalue weighted by Crippen LogP contribution is 2.30. The normalized spacial score (nSPS) is 18.4. The molecule has 3 heterocycles. The van der Waals surface area contributed by atoms with E-state index in [4.69, 9.17) is 39.5 Å². The van der Waals surface area contributed by atoms with Crippen LogP contribution in [0.3, 0.4) is 0 Å². The lowest BCUT2D eigenvalue weighted by Crippen LogP contribution is -2.43. The van der Waals surface area contributed by atoms with E-state index >= 15 is 0 Å². The van der Waals surface area contributed by atoms with Gasteiger partial charge in [0.15, 0.2) is 9.94 Å². The minimum Gasteiger partial charge on any atom is -0.384 e. The van der Waals surface area contributed by atoms with Gasteiger partial charge in [0.25, 0.3) is 10.0 Å². The standard InChI is InChI=1S/C22H29N5O3S.CHCl3/c1-15-4-8-19(9-5-15)31(28,29)27-13-17(10-11-30-3)20-21(24-14-25-22(20)27)26-18-7-6-16(2)23-12-18;2-1(3)4/h4-5,8-9,13-14,16,18,23H,6-7,10-12H2,1-3H3,(H,24,25,26);1H/t16-,18+;/m0./s1. The summed E-state index contributed by atoms with van der Waals surface area (Å²) in [6.45, 7) is 5.41. The third-order valence-electron chi connectivity index (χ3n) is 5.79. The summed E-state index contributed by atoms with van der Waals surface area (Å²) >= 11 is 14.4. The second-order valence-corrected chi connectivity index (χ2v) is 12.2. The molecular formula is C23H30Cl3N5O3S. The van der Waals surface area contributed by atoms with Crippen molar-refractivity contribution in [2.24, 2.45) is 0 Å². The molecule has 1 fully saturated rings. The first-order valence-electron chi connectivity index (χ1n) is 11.2. The maximum absolute atomic E-state index is 13.4. The van der Waals surface area contributed by atoms with Gasteiger partial charge in [0.2, 0.25) is 0 Å². The molecule has 35 heavy (non-hydrogen) atoms. The quantitative estimate of drug-likeness (QED) is 0.403. The lowest BCUT2D eigenvalue weighted by molar-refractivity contribution is 0.202. The van der Waals surface area contributed by atoms with Gasteiger partial charge in [0, 0.05) is 31.9 Å². The van der Waals surface area contributed by atoms with E-state index in [1.54, 1.807) is 37.6 Å². The number of piperidine rings is 1. The highest BCUT2D eigenvalue weighted by Gasteiger charge is 2.25. The molecule has 0 amide bonds. The number of alkyl halides is 3. The van der Waals surface area contributed by atoms with Crippen LogP contribution in [0.5, 0.6) is 0 Å². The van der Waals surface area contributed by atoms with Crippen molar-refractivity contribution in [3.63, 3.8) is 0 Å². The summed E-state index contributed by atoms with van der Waals surface area (Å²) in [6.07, 6.45) is 5.73. The first kappa shape index (κ1) is 28.0. The summed E-state index contributed by atoms with van der Waals surface area (Å²) in [4.78, 5) is 9.06. The van der Waals surface area contributed by atoms with E-state index < -0.39 is 14.3 Å². The maximum atomic E-state index is 13.4. The van der Waals surface area contributed by atoms with Crippen LogP contribution in [0.4, 0.5) is 5.82 Å². The van der Waals surface area contributed by atoms with Crippen molar-refractivity contribution >= 4 is 61.7 Å². The number of halogens is 3. The molecule has 0 bridgehead atoms. The molecule has 2 N–H and O–H groups in total. The van der Waals surface area contributed by atoms with Crippen LogP contribution in [0.25, 0.3) is 11.0 Å². The van der Waals surface area contributed by atoms with Crippen molar-refractivity contribution in [3.05, 3.63) is 47.9 Å². The molecule has 2 aromatic heterocycles. The molecule has 8 nitrogen and oxygen atoms in total. The first-order chi connectivity index (χ1) is 16.6. The number of rotatable bonds is 7. The Morgan fingerprint density at radius 1 is 1.20 bits per heavy atom. The van der Waals surface area contributed by atoms with Crippen molar-refractivity contribution in [2.45, 2.75) is 54.4 Å². The lowest BCUT2D eigenvalue weighted by atomic mass is 10.0. The van der Waals surface area contributed by atoms with Crippen LogP contribution in [-0.2, 0) is 21.2 Å². The number of aryl methyl sites for hydroxylation is 1. The molecule has 3 aromatic rings. The molecule has 0 spiro atoms. The van der Waals surface area contributed by atoms with Crippen LogP contribution < -0.4 is 10.6 Å². The van der Waals surface area contributed by atoms with Gasteiger partial charge in [0.1, 0.15) is 12.1 Å². The smallest absolute Gasteiger partial charge is 0.269 e. The summed E-state index contributed by atoms with van der Waals surface area (Å²) in [5.41, 5.74) is 2.22. The van der Waals surface area contributed by atoms with Crippen LogP contribution >= 0.6 is 34.8 Å². The number of benzene rings is 1. The molecule has 2 atom stereocenters. The second kappa shape index (κ2) is 12.6. The Kier molecular flexibility index (Phi) is 10.0. The van der Waals surface area contributed by atoms with Crippen LogP contribution in [0.1, 0.15) is 30.9 Å². The fourth-order valence-corrected chi connectivity index (χ4v) is 5.28. The highest BCUT2D eigenvalue weighted by molar-refractivity contribution is 7.90. The number of aromatic nitrogens is 3. The average molecular weight is 563 g/mol. The largest absolute Gasteiger partial charge is 0.384 e. The van der Waals surface area contributed by atoms with Crippen molar-refractivity contribution in [2.75, 3.05) is 25.6 Å². The zero-order chi connectivity index (χ0) is 25.6. The molecule has 4 rings (SSSR count). The van der Waals surface area contributed by atoms with Gasteiger partial charge in [-0.15, -0.1) is 0 Å². The predicted octanol–water partition coefficient (Wildman–Crippen LogP) is 4.70. The van der Waals surface area contributed by atoms with Gasteiger partial charge in [-0.3, -0.25) is 0 Å². The fraction of sp³-hybridized carbons (Fsp3) is 0.478. The van der Waals surface area contributed by atoms with Gasteiger partial charge in [-0.1, -0.05) is 52.5 Å². The van der Waals surface area contributed by atoms with Crippen LogP contribution in [0.2, 0.25) is 0 Å². The topological polar surface area (TPSA) is 98.1 Å². The molecule has 1 aliphatic heterocycles. The predicted molar refractivity (Wildman–Crippen MR) is 142 cm³/mol. The van der Waals surface area contributed by atoms with E-state index in [0.717, 1.165) is 35.9 Å². The van der Waals surface area contributed by atoms with Crippen LogP contribution in [0, 0.1) is 6.92 Å². The number of ether oxygens (including phenoxy) is 1. The van der Waals surface area contributed by atoms with Crippen molar-refractivity contribution < 1.29 is 13.2 Å². The van der Waals surface area contributed by atoms with E-state index in [1.807, 2.05) is 6.92 Å². The van der Waals surface area contributed by atoms with E-state index in [2.05, 4.69) is 27.5 Å². The Balaban J connectivity index is 0.000000795. The minimum atomic E-state index is -3.80. The Labute approximate surface area is 221 Å². The molecule has 1 aromatic carbocycles. The van der Waals surface area contributed by atoms with Gasteiger partial charge in [-0.2, -0.15) is 0 Å². The summed E-state index contributed by atoms with van der Waals surface area (Å²) in [6, 6.07) is 7.57. The zero-order valence-corrected chi connectivity index (χ0v) is 22.9. The van der Waals surface area contributed by atoms with E-state index in [0.29, 0.717) is 30.5 Å². The molecule has 1 aliphatic rings. The van der Waals surface area contributed by atoms with Gasteiger partial charge in [-0.05, 0) is 50.8 Å². The average Bonchev–Trinajstić information content (AvgIpc) is 3.19. The first-order valence-corrected chi connectivity index (χ1v) is 14.0.